The molecule has 0 unspecified atom stereocenters. The first kappa shape index (κ1) is 20.9. The Morgan fingerprint density at radius 2 is 1.61 bits per heavy atom. The van der Waals surface area contributed by atoms with Gasteiger partial charge in [-0.3, -0.25) is 0 Å². The maximum Gasteiger partial charge on any atom is 0.111 e. The first-order valence-corrected chi connectivity index (χ1v) is 9.79. The van der Waals surface area contributed by atoms with Crippen LogP contribution in [0, 0.1) is 12.1 Å². The molecule has 0 fully saturated rings. The normalized spacial score (nSPS) is 11.1. The van der Waals surface area contributed by atoms with E-state index in [1.54, 1.807) is 6.20 Å². The number of nitrogens with zero attached hydrogens (tertiary/aromatic N) is 2. The van der Waals surface area contributed by atoms with E-state index in [4.69, 9.17) is 4.74 Å². The number of hydrogen-bond donors (Lipinski definition) is 0. The summed E-state index contributed by atoms with van der Waals surface area (Å²) in [6.45, 7) is 0.593. The van der Waals surface area contributed by atoms with Crippen LogP contribution in [-0.4, -0.2) is 9.97 Å². The van der Waals surface area contributed by atoms with Crippen LogP contribution >= 0.6 is 0 Å². The van der Waals surface area contributed by atoms with Gasteiger partial charge in [0.05, 0.1) is 6.61 Å². The van der Waals surface area contributed by atoms with Crippen molar-refractivity contribution in [2.75, 3.05) is 0 Å². The van der Waals surface area contributed by atoms with Crippen molar-refractivity contribution in [3.8, 4) is 28.3 Å². The van der Waals surface area contributed by atoms with Gasteiger partial charge in [0.25, 0.3) is 0 Å². The van der Waals surface area contributed by atoms with E-state index in [1.165, 1.54) is 0 Å². The number of pyridine rings is 2. The molecule has 31 heavy (non-hydrogen) atoms. The fraction of sp³-hybridized carbons (Fsp3) is 0.0370. The van der Waals surface area contributed by atoms with Crippen LogP contribution in [0.2, 0.25) is 0 Å². The van der Waals surface area contributed by atoms with Gasteiger partial charge in [-0.2, -0.15) is 0 Å². The maximum atomic E-state index is 5.88. The zero-order valence-electron chi connectivity index (χ0n) is 16.6. The Hall–Kier alpha value is -3.33. The number of aromatic nitrogens is 2. The van der Waals surface area contributed by atoms with Crippen LogP contribution in [0.15, 0.2) is 97.3 Å². The summed E-state index contributed by atoms with van der Waals surface area (Å²) in [6, 6.07) is 34.2. The summed E-state index contributed by atoms with van der Waals surface area (Å²) in [5.41, 5.74) is 5.11. The predicted molar refractivity (Wildman–Crippen MR) is 119 cm³/mol. The third-order valence-electron chi connectivity index (χ3n) is 4.95. The molecule has 0 saturated heterocycles. The van der Waals surface area contributed by atoms with Gasteiger partial charge in [0.2, 0.25) is 0 Å². The largest absolute Gasteiger partial charge is 0.505 e. The van der Waals surface area contributed by atoms with E-state index >= 15 is 0 Å². The SMILES string of the molecule is [Ir].[c-]1cccc2c1-c1ncc3ccccc3c1OC2.[c-]1ccccc1-c1ccccn1. The predicted octanol–water partition coefficient (Wildman–Crippen LogP) is 6.14. The fourth-order valence-corrected chi connectivity index (χ4v) is 3.50. The van der Waals surface area contributed by atoms with E-state index in [-0.39, 0.29) is 20.1 Å². The zero-order valence-corrected chi connectivity index (χ0v) is 19.0. The van der Waals surface area contributed by atoms with E-state index in [0.717, 1.165) is 44.6 Å². The zero-order chi connectivity index (χ0) is 20.2. The molecule has 2 aromatic heterocycles. The molecule has 5 aromatic rings. The fourth-order valence-electron chi connectivity index (χ4n) is 3.50. The smallest absolute Gasteiger partial charge is 0.111 e. The van der Waals surface area contributed by atoms with Crippen LogP contribution in [0.3, 0.4) is 0 Å². The van der Waals surface area contributed by atoms with Crippen LogP contribution in [-0.2, 0) is 26.7 Å². The van der Waals surface area contributed by atoms with Crippen LogP contribution in [0.5, 0.6) is 5.75 Å². The summed E-state index contributed by atoms with van der Waals surface area (Å²) in [7, 11) is 0. The number of fused-ring (bicyclic) bond motifs is 5. The van der Waals surface area contributed by atoms with E-state index in [0.29, 0.717) is 6.61 Å². The molecule has 0 amide bonds. The number of benzene rings is 3. The molecule has 3 aromatic carbocycles. The first-order chi connectivity index (χ1) is 14.9. The molecule has 4 heteroatoms. The van der Waals surface area contributed by atoms with Crippen molar-refractivity contribution in [1.29, 1.82) is 0 Å². The molecular weight excluding hydrogens is 561 g/mol. The van der Waals surface area contributed by atoms with Crippen molar-refractivity contribution in [2.45, 2.75) is 6.61 Å². The molecule has 6 rings (SSSR count). The molecule has 0 bridgehead atoms. The van der Waals surface area contributed by atoms with Gasteiger partial charge in [-0.1, -0.05) is 42.0 Å². The molecule has 153 valence electrons. The Bertz CT molecular complexity index is 1250. The van der Waals surface area contributed by atoms with Crippen molar-refractivity contribution in [3.05, 3.63) is 115 Å². The summed E-state index contributed by atoms with van der Waals surface area (Å²) in [6.07, 6.45) is 3.68. The molecule has 1 aliphatic heterocycles. The second-order valence-corrected chi connectivity index (χ2v) is 6.87. The van der Waals surface area contributed by atoms with Crippen LogP contribution < -0.4 is 4.74 Å². The van der Waals surface area contributed by atoms with E-state index in [1.807, 2.05) is 72.9 Å². The molecular formula is C27H18IrN2O-2. The molecule has 1 aliphatic rings. The van der Waals surface area contributed by atoms with Crippen molar-refractivity contribution in [2.24, 2.45) is 0 Å². The van der Waals surface area contributed by atoms with Crippen molar-refractivity contribution in [3.63, 3.8) is 0 Å². The van der Waals surface area contributed by atoms with E-state index < -0.39 is 0 Å². The Kier molecular flexibility index (Phi) is 6.51. The van der Waals surface area contributed by atoms with E-state index in [9.17, 15) is 0 Å². The average Bonchev–Trinajstić information content (AvgIpc) is 2.85. The number of ether oxygens (including phenoxy) is 1. The molecule has 1 radical (unpaired) electrons. The van der Waals surface area contributed by atoms with Gasteiger partial charge in [-0.15, -0.1) is 65.7 Å². The number of hydrogen-bond acceptors (Lipinski definition) is 3. The molecule has 0 saturated carbocycles. The van der Waals surface area contributed by atoms with Crippen molar-refractivity contribution < 1.29 is 24.8 Å². The number of rotatable bonds is 1. The first-order valence-electron chi connectivity index (χ1n) is 9.79. The summed E-state index contributed by atoms with van der Waals surface area (Å²) in [5.74, 6) is 0.878. The summed E-state index contributed by atoms with van der Waals surface area (Å²) < 4.78 is 5.88. The van der Waals surface area contributed by atoms with Crippen molar-refractivity contribution in [1.82, 2.24) is 9.97 Å². The minimum Gasteiger partial charge on any atom is -0.505 e. The average molecular weight is 579 g/mol. The van der Waals surface area contributed by atoms with Gasteiger partial charge in [0, 0.05) is 49.0 Å². The second-order valence-electron chi connectivity index (χ2n) is 6.87. The summed E-state index contributed by atoms with van der Waals surface area (Å²) in [5, 5.41) is 2.22. The Balaban J connectivity index is 0.000000156. The summed E-state index contributed by atoms with van der Waals surface area (Å²) in [4.78, 5) is 8.75. The minimum atomic E-state index is 0. The third-order valence-corrected chi connectivity index (χ3v) is 4.95. The molecule has 3 nitrogen and oxygen atoms in total. The van der Waals surface area contributed by atoms with Gasteiger partial charge >= 0.3 is 0 Å². The Labute approximate surface area is 195 Å². The van der Waals surface area contributed by atoms with Gasteiger partial charge < -0.3 is 14.7 Å². The van der Waals surface area contributed by atoms with Crippen LogP contribution in [0.4, 0.5) is 0 Å². The minimum absolute atomic E-state index is 0. The van der Waals surface area contributed by atoms with Gasteiger partial charge in [-0.05, 0) is 11.8 Å². The van der Waals surface area contributed by atoms with Crippen LogP contribution in [0.1, 0.15) is 5.56 Å². The quantitative estimate of drug-likeness (QED) is 0.224. The second kappa shape index (κ2) is 9.65. The molecule has 3 heterocycles. The van der Waals surface area contributed by atoms with Crippen molar-refractivity contribution >= 4 is 10.8 Å². The topological polar surface area (TPSA) is 35.0 Å². The maximum absolute atomic E-state index is 5.88. The standard InChI is InChI=1S/C16H10NO.C11H8N.Ir/c1-4-8-14-11(5-1)9-17-15-13-7-3-2-6-12(13)10-18-16(14)15;1-2-6-10(7-3-1)11-8-4-5-9-12-11;/h1-6,8-9H,10H2;1-6,8-9H;/q2*-1;. The Morgan fingerprint density at radius 1 is 0.774 bits per heavy atom. The Morgan fingerprint density at radius 3 is 2.45 bits per heavy atom. The third kappa shape index (κ3) is 4.41. The molecule has 0 atom stereocenters. The molecule has 0 aliphatic carbocycles. The molecule has 0 spiro atoms. The van der Waals surface area contributed by atoms with Gasteiger partial charge in [0.15, 0.2) is 0 Å². The monoisotopic (exact) mass is 579 g/mol. The van der Waals surface area contributed by atoms with Gasteiger partial charge in [0.1, 0.15) is 5.75 Å². The van der Waals surface area contributed by atoms with Crippen LogP contribution in [0.25, 0.3) is 33.3 Å². The summed E-state index contributed by atoms with van der Waals surface area (Å²) >= 11 is 0. The molecule has 0 N–H and O–H groups in total. The van der Waals surface area contributed by atoms with E-state index in [2.05, 4.69) is 40.3 Å². The van der Waals surface area contributed by atoms with Gasteiger partial charge in [-0.25, -0.2) is 0 Å².